The number of hydrogen-bond donors (Lipinski definition) is 2. The van der Waals surface area contributed by atoms with Crippen molar-refractivity contribution in [3.63, 3.8) is 0 Å². The van der Waals surface area contributed by atoms with Crippen LogP contribution in [-0.4, -0.2) is 38.3 Å². The quantitative estimate of drug-likeness (QED) is 0.605. The van der Waals surface area contributed by atoms with Crippen LogP contribution < -0.4 is 16.2 Å². The molecule has 1 amide bonds. The van der Waals surface area contributed by atoms with Crippen molar-refractivity contribution in [2.75, 3.05) is 18.4 Å². The molecule has 1 unspecified atom stereocenters. The zero-order valence-corrected chi connectivity index (χ0v) is 18.8. The van der Waals surface area contributed by atoms with Gasteiger partial charge < -0.3 is 15.2 Å². The van der Waals surface area contributed by atoms with Crippen LogP contribution in [0.1, 0.15) is 28.8 Å². The minimum atomic E-state index is -0.392. The number of carbonyl (C=O) groups is 1. The van der Waals surface area contributed by atoms with Crippen molar-refractivity contribution < 1.29 is 4.79 Å². The number of aromatic nitrogens is 4. The van der Waals surface area contributed by atoms with E-state index in [-0.39, 0.29) is 35.9 Å². The second kappa shape index (κ2) is 11.1. The van der Waals surface area contributed by atoms with Gasteiger partial charge in [-0.05, 0) is 74.7 Å². The Balaban J connectivity index is 0.00000171. The van der Waals surface area contributed by atoms with Crippen LogP contribution >= 0.6 is 24.8 Å². The molecular weight excluding hydrogens is 439 g/mol. The molecular formula is C21H26Cl2N6O2. The second-order valence-electron chi connectivity index (χ2n) is 7.38. The summed E-state index contributed by atoms with van der Waals surface area (Å²) in [6, 6.07) is 9.05. The largest absolute Gasteiger partial charge is 0.322 e. The molecule has 3 aromatic rings. The molecule has 4 rings (SSSR count). The van der Waals surface area contributed by atoms with E-state index in [9.17, 15) is 9.59 Å². The Labute approximate surface area is 192 Å². The van der Waals surface area contributed by atoms with Crippen LogP contribution in [0.3, 0.4) is 0 Å². The van der Waals surface area contributed by atoms with E-state index >= 15 is 0 Å². The fourth-order valence-electron chi connectivity index (χ4n) is 3.68. The number of pyridine rings is 1. The summed E-state index contributed by atoms with van der Waals surface area (Å²) in [5, 5.41) is 10.3. The molecule has 3 heterocycles. The summed E-state index contributed by atoms with van der Waals surface area (Å²) in [5.74, 6) is 0.0153. The third-order valence-electron chi connectivity index (χ3n) is 5.26. The van der Waals surface area contributed by atoms with E-state index in [2.05, 4.69) is 20.7 Å². The first-order chi connectivity index (χ1) is 14.1. The highest BCUT2D eigenvalue weighted by Crippen LogP contribution is 2.15. The Morgan fingerprint density at radius 2 is 2.00 bits per heavy atom. The molecule has 10 heteroatoms. The van der Waals surface area contributed by atoms with Gasteiger partial charge in [0.2, 0.25) is 0 Å². The SMILES string of the molecule is Cc1ccn(CC2CCCNC2)c(=O)c1C(=O)Nc1ccc(-n2cncn2)cc1.Cl.Cl. The first-order valence-corrected chi connectivity index (χ1v) is 9.79. The lowest BCUT2D eigenvalue weighted by molar-refractivity contribution is 0.102. The number of piperidine rings is 1. The first-order valence-electron chi connectivity index (χ1n) is 9.79. The van der Waals surface area contributed by atoms with Gasteiger partial charge in [0.05, 0.1) is 5.69 Å². The van der Waals surface area contributed by atoms with E-state index in [0.717, 1.165) is 31.6 Å². The molecule has 1 aliphatic rings. The van der Waals surface area contributed by atoms with Gasteiger partial charge in [-0.15, -0.1) is 24.8 Å². The summed E-state index contributed by atoms with van der Waals surface area (Å²) in [6.45, 7) is 4.35. The summed E-state index contributed by atoms with van der Waals surface area (Å²) in [5.41, 5.74) is 2.07. The van der Waals surface area contributed by atoms with Gasteiger partial charge in [0.1, 0.15) is 18.2 Å². The Hall–Kier alpha value is -2.68. The van der Waals surface area contributed by atoms with Crippen molar-refractivity contribution in [3.05, 3.63) is 70.7 Å². The number of halogens is 2. The number of anilines is 1. The molecule has 2 N–H and O–H groups in total. The highest BCUT2D eigenvalue weighted by molar-refractivity contribution is 6.05. The standard InChI is InChI=1S/C21H24N6O2.2ClH/c1-15-8-10-26(12-16-3-2-9-22-11-16)21(29)19(15)20(28)25-17-4-6-18(7-5-17)27-14-23-13-24-27;;/h4-8,10,13-14,16,22H,2-3,9,11-12H2,1H3,(H,25,28);2*1H. The van der Waals surface area contributed by atoms with Crippen LogP contribution in [0, 0.1) is 12.8 Å². The molecule has 1 fully saturated rings. The molecule has 31 heavy (non-hydrogen) atoms. The van der Waals surface area contributed by atoms with E-state index in [0.29, 0.717) is 23.7 Å². The molecule has 0 bridgehead atoms. The third kappa shape index (κ3) is 5.72. The summed E-state index contributed by atoms with van der Waals surface area (Å²) in [7, 11) is 0. The van der Waals surface area contributed by atoms with Gasteiger partial charge >= 0.3 is 0 Å². The Kier molecular flexibility index (Phi) is 8.79. The van der Waals surface area contributed by atoms with E-state index in [1.165, 1.54) is 6.33 Å². The molecule has 1 saturated heterocycles. The summed E-state index contributed by atoms with van der Waals surface area (Å²) in [4.78, 5) is 29.7. The molecule has 0 saturated carbocycles. The van der Waals surface area contributed by atoms with Crippen LogP contribution in [-0.2, 0) is 6.54 Å². The predicted molar refractivity (Wildman–Crippen MR) is 125 cm³/mol. The number of carbonyl (C=O) groups excluding carboxylic acids is 1. The second-order valence-corrected chi connectivity index (χ2v) is 7.38. The van der Waals surface area contributed by atoms with Crippen molar-refractivity contribution in [1.82, 2.24) is 24.6 Å². The Morgan fingerprint density at radius 3 is 2.65 bits per heavy atom. The van der Waals surface area contributed by atoms with Crippen molar-refractivity contribution in [1.29, 1.82) is 0 Å². The van der Waals surface area contributed by atoms with Gasteiger partial charge in [-0.3, -0.25) is 9.59 Å². The van der Waals surface area contributed by atoms with E-state index in [1.54, 1.807) is 40.8 Å². The van der Waals surface area contributed by atoms with Crippen LogP contribution in [0.15, 0.2) is 54.0 Å². The van der Waals surface area contributed by atoms with Crippen LogP contribution in [0.2, 0.25) is 0 Å². The molecule has 1 atom stereocenters. The van der Waals surface area contributed by atoms with Gasteiger partial charge in [0, 0.05) is 18.4 Å². The minimum absolute atomic E-state index is 0. The third-order valence-corrected chi connectivity index (χ3v) is 5.26. The maximum atomic E-state index is 13.0. The minimum Gasteiger partial charge on any atom is -0.322 e. The molecule has 2 aromatic heterocycles. The molecule has 1 aromatic carbocycles. The normalized spacial score (nSPS) is 15.5. The number of rotatable bonds is 5. The number of hydrogen-bond acceptors (Lipinski definition) is 5. The van der Waals surface area contributed by atoms with E-state index in [4.69, 9.17) is 0 Å². The van der Waals surface area contributed by atoms with Gasteiger partial charge in [-0.25, -0.2) is 9.67 Å². The lowest BCUT2D eigenvalue weighted by Crippen LogP contribution is -2.36. The topological polar surface area (TPSA) is 93.8 Å². The van der Waals surface area contributed by atoms with Crippen molar-refractivity contribution >= 4 is 36.4 Å². The summed E-state index contributed by atoms with van der Waals surface area (Å²) < 4.78 is 3.29. The predicted octanol–water partition coefficient (Wildman–Crippen LogP) is 2.83. The molecule has 0 spiro atoms. The zero-order chi connectivity index (χ0) is 20.2. The van der Waals surface area contributed by atoms with Crippen molar-refractivity contribution in [3.8, 4) is 5.69 Å². The fourth-order valence-corrected chi connectivity index (χ4v) is 3.68. The van der Waals surface area contributed by atoms with Crippen LogP contribution in [0.4, 0.5) is 5.69 Å². The van der Waals surface area contributed by atoms with Crippen molar-refractivity contribution in [2.45, 2.75) is 26.3 Å². The number of benzene rings is 1. The summed E-state index contributed by atoms with van der Waals surface area (Å²) in [6.07, 6.45) is 7.06. The lowest BCUT2D eigenvalue weighted by Gasteiger charge is -2.23. The highest BCUT2D eigenvalue weighted by Gasteiger charge is 2.19. The smallest absolute Gasteiger partial charge is 0.263 e. The molecule has 1 aliphatic heterocycles. The van der Waals surface area contributed by atoms with Gasteiger partial charge in [-0.1, -0.05) is 0 Å². The number of nitrogens with one attached hydrogen (secondary N) is 2. The summed E-state index contributed by atoms with van der Waals surface area (Å²) >= 11 is 0. The molecule has 166 valence electrons. The Bertz CT molecular complexity index is 1040. The molecule has 8 nitrogen and oxygen atoms in total. The maximum absolute atomic E-state index is 13.0. The zero-order valence-electron chi connectivity index (χ0n) is 17.2. The average molecular weight is 465 g/mol. The average Bonchev–Trinajstić information content (AvgIpc) is 3.26. The van der Waals surface area contributed by atoms with Gasteiger partial charge in [-0.2, -0.15) is 5.10 Å². The van der Waals surface area contributed by atoms with Crippen LogP contribution in [0.25, 0.3) is 5.69 Å². The highest BCUT2D eigenvalue weighted by atomic mass is 35.5. The van der Waals surface area contributed by atoms with Crippen LogP contribution in [0.5, 0.6) is 0 Å². The van der Waals surface area contributed by atoms with Crippen molar-refractivity contribution in [2.24, 2.45) is 5.92 Å². The fraction of sp³-hybridized carbons (Fsp3) is 0.333. The lowest BCUT2D eigenvalue weighted by atomic mass is 9.99. The monoisotopic (exact) mass is 464 g/mol. The number of aryl methyl sites for hydroxylation is 1. The molecule has 0 aliphatic carbocycles. The Morgan fingerprint density at radius 1 is 1.23 bits per heavy atom. The number of amides is 1. The maximum Gasteiger partial charge on any atom is 0.263 e. The first kappa shape index (κ1) is 24.6. The molecule has 0 radical (unpaired) electrons. The number of nitrogens with zero attached hydrogens (tertiary/aromatic N) is 4. The van der Waals surface area contributed by atoms with E-state index in [1.807, 2.05) is 18.2 Å². The van der Waals surface area contributed by atoms with Gasteiger partial charge in [0.25, 0.3) is 11.5 Å². The van der Waals surface area contributed by atoms with Gasteiger partial charge in [0.15, 0.2) is 0 Å². The van der Waals surface area contributed by atoms with E-state index < -0.39 is 5.91 Å².